The Hall–Kier alpha value is -1.74. The number of hydrogen-bond acceptors (Lipinski definition) is 7. The molecule has 0 radical (unpaired) electrons. The molecule has 2 heterocycles. The van der Waals surface area contributed by atoms with Crippen LogP contribution in [0.3, 0.4) is 0 Å². The fourth-order valence-corrected chi connectivity index (χ4v) is 2.00. The van der Waals surface area contributed by atoms with Crippen LogP contribution in [0.15, 0.2) is 10.8 Å². The van der Waals surface area contributed by atoms with Gasteiger partial charge in [0.15, 0.2) is 5.82 Å². The van der Waals surface area contributed by atoms with Crippen LogP contribution in [-0.2, 0) is 9.59 Å². The van der Waals surface area contributed by atoms with Gasteiger partial charge in [0, 0.05) is 6.42 Å². The Kier molecular flexibility index (Phi) is 3.72. The van der Waals surface area contributed by atoms with Gasteiger partial charge in [-0.25, -0.2) is 15.8 Å². The van der Waals surface area contributed by atoms with Gasteiger partial charge in [-0.15, -0.1) is 0 Å². The highest BCUT2D eigenvalue weighted by Gasteiger charge is 2.27. The van der Waals surface area contributed by atoms with Crippen LogP contribution in [0.25, 0.3) is 0 Å². The summed E-state index contributed by atoms with van der Waals surface area (Å²) in [4.78, 5) is 30.5. The van der Waals surface area contributed by atoms with E-state index in [2.05, 4.69) is 42.0 Å². The number of nitrogens with zero attached hydrogens (tertiary/aromatic N) is 2. The molecule has 5 N–H and O–H groups in total. The minimum absolute atomic E-state index is 0.260. The van der Waals surface area contributed by atoms with E-state index in [1.807, 2.05) is 0 Å². The highest BCUT2D eigenvalue weighted by molar-refractivity contribution is 9.10. The molecule has 0 saturated carbocycles. The third-order valence-electron chi connectivity index (χ3n) is 2.48. The van der Waals surface area contributed by atoms with Crippen LogP contribution < -0.4 is 21.9 Å². The number of hydrogen-bond donors (Lipinski definition) is 4. The first-order valence-corrected chi connectivity index (χ1v) is 5.98. The van der Waals surface area contributed by atoms with E-state index in [4.69, 9.17) is 5.84 Å². The molecule has 8 nitrogen and oxygen atoms in total. The van der Waals surface area contributed by atoms with Crippen LogP contribution in [0, 0.1) is 0 Å². The van der Waals surface area contributed by atoms with Crippen molar-refractivity contribution < 1.29 is 9.59 Å². The van der Waals surface area contributed by atoms with Gasteiger partial charge in [0.05, 0.1) is 0 Å². The number of carbonyl (C=O) groups excluding carboxylic acids is 2. The first-order valence-electron chi connectivity index (χ1n) is 5.19. The molecule has 1 aromatic rings. The number of imide groups is 1. The van der Waals surface area contributed by atoms with E-state index in [1.165, 1.54) is 6.33 Å². The summed E-state index contributed by atoms with van der Waals surface area (Å²) < 4.78 is 0.525. The Labute approximate surface area is 111 Å². The Morgan fingerprint density at radius 2 is 2.11 bits per heavy atom. The van der Waals surface area contributed by atoms with Crippen molar-refractivity contribution in [3.05, 3.63) is 10.8 Å². The molecule has 1 fully saturated rings. The second kappa shape index (κ2) is 5.27. The van der Waals surface area contributed by atoms with Gasteiger partial charge in [-0.3, -0.25) is 14.9 Å². The molecule has 0 aromatic carbocycles. The molecule has 96 valence electrons. The zero-order valence-corrected chi connectivity index (χ0v) is 10.8. The second-order valence-electron chi connectivity index (χ2n) is 3.68. The van der Waals surface area contributed by atoms with Crippen LogP contribution >= 0.6 is 15.9 Å². The summed E-state index contributed by atoms with van der Waals surface area (Å²) in [5, 5.41) is 5.19. The summed E-state index contributed by atoms with van der Waals surface area (Å²) in [6, 6.07) is -0.500. The monoisotopic (exact) mass is 314 g/mol. The summed E-state index contributed by atoms with van der Waals surface area (Å²) in [7, 11) is 0. The number of nitrogens with two attached hydrogens (primary N) is 1. The maximum Gasteiger partial charge on any atom is 0.249 e. The number of aromatic nitrogens is 2. The van der Waals surface area contributed by atoms with E-state index in [0.29, 0.717) is 29.0 Å². The van der Waals surface area contributed by atoms with Crippen molar-refractivity contribution in [1.82, 2.24) is 15.3 Å². The number of anilines is 2. The van der Waals surface area contributed by atoms with Crippen molar-refractivity contribution in [2.45, 2.75) is 18.9 Å². The molecule has 9 heteroatoms. The zero-order valence-electron chi connectivity index (χ0n) is 9.24. The molecule has 18 heavy (non-hydrogen) atoms. The summed E-state index contributed by atoms with van der Waals surface area (Å²) in [6.45, 7) is 0. The van der Waals surface area contributed by atoms with Gasteiger partial charge < -0.3 is 10.7 Å². The smallest absolute Gasteiger partial charge is 0.249 e. The number of piperidine rings is 1. The fourth-order valence-electron chi connectivity index (χ4n) is 1.57. The number of amides is 2. The Balaban J connectivity index is 2.14. The molecule has 2 rings (SSSR count). The maximum absolute atomic E-state index is 11.6. The molecule has 0 aliphatic carbocycles. The average Bonchev–Trinajstić information content (AvgIpc) is 2.35. The van der Waals surface area contributed by atoms with Gasteiger partial charge in [0.2, 0.25) is 11.8 Å². The number of halogens is 1. The van der Waals surface area contributed by atoms with Crippen molar-refractivity contribution >= 4 is 39.4 Å². The first kappa shape index (κ1) is 12.7. The quantitative estimate of drug-likeness (QED) is 0.344. The molecule has 0 spiro atoms. The largest absolute Gasteiger partial charge is 0.357 e. The maximum atomic E-state index is 11.6. The minimum atomic E-state index is -0.500. The van der Waals surface area contributed by atoms with Crippen LogP contribution in [0.1, 0.15) is 12.8 Å². The van der Waals surface area contributed by atoms with Gasteiger partial charge in [0.1, 0.15) is 22.7 Å². The van der Waals surface area contributed by atoms with Gasteiger partial charge in [-0.1, -0.05) is 0 Å². The molecule has 1 unspecified atom stereocenters. The van der Waals surface area contributed by atoms with Gasteiger partial charge in [-0.2, -0.15) is 0 Å². The van der Waals surface area contributed by atoms with Crippen molar-refractivity contribution in [2.75, 3.05) is 10.7 Å². The molecule has 1 aromatic heterocycles. The predicted molar refractivity (Wildman–Crippen MR) is 67.3 cm³/mol. The number of rotatable bonds is 3. The van der Waals surface area contributed by atoms with Crippen LogP contribution in [0.5, 0.6) is 0 Å². The average molecular weight is 315 g/mol. The normalized spacial score (nSPS) is 19.3. The van der Waals surface area contributed by atoms with Crippen LogP contribution in [-0.4, -0.2) is 27.8 Å². The van der Waals surface area contributed by atoms with Crippen LogP contribution in [0.2, 0.25) is 0 Å². The Morgan fingerprint density at radius 3 is 2.78 bits per heavy atom. The van der Waals surface area contributed by atoms with Gasteiger partial charge in [0.25, 0.3) is 0 Å². The molecule has 1 saturated heterocycles. The van der Waals surface area contributed by atoms with E-state index < -0.39 is 6.04 Å². The number of carbonyl (C=O) groups is 2. The topological polar surface area (TPSA) is 122 Å². The first-order chi connectivity index (χ1) is 8.61. The molecular formula is C9H11BrN6O2. The summed E-state index contributed by atoms with van der Waals surface area (Å²) in [5.74, 6) is 5.49. The van der Waals surface area contributed by atoms with Crippen molar-refractivity contribution in [2.24, 2.45) is 5.84 Å². The lowest BCUT2D eigenvalue weighted by Gasteiger charge is -2.22. The molecular weight excluding hydrogens is 304 g/mol. The van der Waals surface area contributed by atoms with E-state index in [1.54, 1.807) is 0 Å². The minimum Gasteiger partial charge on any atom is -0.357 e. The standard InChI is InChI=1S/C9H11BrN6O2/c10-6-7(12-3-13-8(6)16-11)14-4-1-2-5(17)15-9(4)18/h3-4H,1-2,11H2,(H,15,17,18)(H2,12,13,14,16). The lowest BCUT2D eigenvalue weighted by molar-refractivity contribution is -0.133. The highest BCUT2D eigenvalue weighted by atomic mass is 79.9. The Bertz CT molecular complexity index is 494. The van der Waals surface area contributed by atoms with E-state index in [0.717, 1.165) is 0 Å². The lowest BCUT2D eigenvalue weighted by atomic mass is 10.1. The molecule has 0 bridgehead atoms. The second-order valence-corrected chi connectivity index (χ2v) is 4.47. The molecule has 1 aliphatic rings. The molecule has 2 amide bonds. The number of hydrazine groups is 1. The fraction of sp³-hybridized carbons (Fsp3) is 0.333. The van der Waals surface area contributed by atoms with Crippen molar-refractivity contribution in [1.29, 1.82) is 0 Å². The predicted octanol–water partition coefficient (Wildman–Crippen LogP) is -0.258. The van der Waals surface area contributed by atoms with Crippen molar-refractivity contribution in [3.63, 3.8) is 0 Å². The van der Waals surface area contributed by atoms with E-state index >= 15 is 0 Å². The third kappa shape index (κ3) is 2.57. The van der Waals surface area contributed by atoms with E-state index in [9.17, 15) is 9.59 Å². The van der Waals surface area contributed by atoms with Gasteiger partial charge >= 0.3 is 0 Å². The summed E-state index contributed by atoms with van der Waals surface area (Å²) in [6.07, 6.45) is 2.04. The van der Waals surface area contributed by atoms with Crippen LogP contribution in [0.4, 0.5) is 11.6 Å². The number of nitrogens with one attached hydrogen (secondary N) is 3. The lowest BCUT2D eigenvalue weighted by Crippen LogP contribution is -2.47. The zero-order chi connectivity index (χ0) is 13.1. The number of nitrogen functional groups attached to an aromatic ring is 1. The molecule has 1 aliphatic heterocycles. The van der Waals surface area contributed by atoms with Crippen molar-refractivity contribution in [3.8, 4) is 0 Å². The third-order valence-corrected chi connectivity index (χ3v) is 3.23. The molecule has 1 atom stereocenters. The van der Waals surface area contributed by atoms with E-state index in [-0.39, 0.29) is 11.8 Å². The summed E-state index contributed by atoms with van der Waals surface area (Å²) >= 11 is 3.27. The van der Waals surface area contributed by atoms with Gasteiger partial charge in [-0.05, 0) is 22.4 Å². The highest BCUT2D eigenvalue weighted by Crippen LogP contribution is 2.26. The SMILES string of the molecule is NNc1ncnc(NC2CCC(=O)NC2=O)c1Br. The Morgan fingerprint density at radius 1 is 1.39 bits per heavy atom. The summed E-state index contributed by atoms with van der Waals surface area (Å²) in [5.41, 5.74) is 2.40.